The maximum atomic E-state index is 12.0. The largest absolute Gasteiger partial charge is 0.353 e. The van der Waals surface area contributed by atoms with Crippen molar-refractivity contribution in [3.63, 3.8) is 0 Å². The van der Waals surface area contributed by atoms with Crippen LogP contribution in [0.3, 0.4) is 0 Å². The fraction of sp³-hybridized carbons (Fsp3) is 0.929. The summed E-state index contributed by atoms with van der Waals surface area (Å²) >= 11 is 0. The van der Waals surface area contributed by atoms with Gasteiger partial charge in [0.05, 0.1) is 6.54 Å². The minimum absolute atomic E-state index is 0.170. The number of nitrogens with zero attached hydrogens (tertiary/aromatic N) is 1. The lowest BCUT2D eigenvalue weighted by Gasteiger charge is -2.34. The van der Waals surface area contributed by atoms with E-state index in [1.165, 1.54) is 12.8 Å². The molecule has 1 heterocycles. The lowest BCUT2D eigenvalue weighted by Crippen LogP contribution is -2.50. The fourth-order valence-electron chi connectivity index (χ4n) is 2.43. The minimum Gasteiger partial charge on any atom is -0.353 e. The SMILES string of the molecule is CCCN(CC(=O)NC(C)CC)C1CCCNC1. The van der Waals surface area contributed by atoms with Crippen molar-refractivity contribution >= 4 is 5.91 Å². The van der Waals surface area contributed by atoms with Gasteiger partial charge in [0.1, 0.15) is 0 Å². The van der Waals surface area contributed by atoms with Crippen LogP contribution in [0.5, 0.6) is 0 Å². The normalized spacial score (nSPS) is 21.9. The molecule has 1 fully saturated rings. The number of carbonyl (C=O) groups excluding carboxylic acids is 1. The van der Waals surface area contributed by atoms with Crippen molar-refractivity contribution in [1.29, 1.82) is 0 Å². The summed E-state index contributed by atoms with van der Waals surface area (Å²) in [5.74, 6) is 0.170. The molecule has 0 spiro atoms. The van der Waals surface area contributed by atoms with Crippen LogP contribution < -0.4 is 10.6 Å². The average molecular weight is 255 g/mol. The van der Waals surface area contributed by atoms with Gasteiger partial charge >= 0.3 is 0 Å². The summed E-state index contributed by atoms with van der Waals surface area (Å²) in [5.41, 5.74) is 0. The van der Waals surface area contributed by atoms with E-state index in [1.54, 1.807) is 0 Å². The molecule has 0 aromatic heterocycles. The van der Waals surface area contributed by atoms with E-state index < -0.39 is 0 Å². The molecule has 2 N–H and O–H groups in total. The number of nitrogens with one attached hydrogen (secondary N) is 2. The van der Waals surface area contributed by atoms with Gasteiger partial charge in [-0.1, -0.05) is 13.8 Å². The van der Waals surface area contributed by atoms with Gasteiger partial charge in [0.25, 0.3) is 0 Å². The topological polar surface area (TPSA) is 44.4 Å². The van der Waals surface area contributed by atoms with Crippen LogP contribution in [0.1, 0.15) is 46.5 Å². The maximum Gasteiger partial charge on any atom is 0.234 e. The van der Waals surface area contributed by atoms with Gasteiger partial charge in [-0.05, 0) is 45.7 Å². The van der Waals surface area contributed by atoms with E-state index in [2.05, 4.69) is 36.3 Å². The Bertz CT molecular complexity index is 239. The molecule has 0 aromatic rings. The summed E-state index contributed by atoms with van der Waals surface area (Å²) in [4.78, 5) is 14.3. The second-order valence-corrected chi connectivity index (χ2v) is 5.35. The van der Waals surface area contributed by atoms with Crippen LogP contribution in [-0.4, -0.2) is 49.1 Å². The fourth-order valence-corrected chi connectivity index (χ4v) is 2.43. The highest BCUT2D eigenvalue weighted by molar-refractivity contribution is 5.78. The molecule has 106 valence electrons. The van der Waals surface area contributed by atoms with Crippen LogP contribution in [0, 0.1) is 0 Å². The van der Waals surface area contributed by atoms with Gasteiger partial charge in [-0.2, -0.15) is 0 Å². The Morgan fingerprint density at radius 1 is 1.50 bits per heavy atom. The molecule has 0 radical (unpaired) electrons. The second-order valence-electron chi connectivity index (χ2n) is 5.35. The molecule has 4 heteroatoms. The van der Waals surface area contributed by atoms with Crippen LogP contribution in [-0.2, 0) is 4.79 Å². The lowest BCUT2D eigenvalue weighted by atomic mass is 10.1. The predicted molar refractivity (Wildman–Crippen MR) is 75.7 cm³/mol. The standard InChI is InChI=1S/C14H29N3O/c1-4-9-17(13-7-6-8-15-10-13)11-14(18)16-12(3)5-2/h12-13,15H,4-11H2,1-3H3,(H,16,18). The van der Waals surface area contributed by atoms with Crippen LogP contribution in [0.2, 0.25) is 0 Å². The third kappa shape index (κ3) is 5.36. The molecular formula is C14H29N3O. The number of hydrogen-bond donors (Lipinski definition) is 2. The average Bonchev–Trinajstić information content (AvgIpc) is 2.39. The van der Waals surface area contributed by atoms with Gasteiger partial charge in [0, 0.05) is 18.6 Å². The highest BCUT2D eigenvalue weighted by Gasteiger charge is 2.22. The Morgan fingerprint density at radius 2 is 2.28 bits per heavy atom. The molecule has 2 unspecified atom stereocenters. The molecule has 1 aliphatic rings. The summed E-state index contributed by atoms with van der Waals surface area (Å²) < 4.78 is 0. The Balaban J connectivity index is 2.43. The van der Waals surface area contributed by atoms with Gasteiger partial charge < -0.3 is 10.6 Å². The Kier molecular flexibility index (Phi) is 7.28. The molecule has 0 bridgehead atoms. The van der Waals surface area contributed by atoms with Crippen LogP contribution in [0.25, 0.3) is 0 Å². The number of rotatable bonds is 7. The zero-order valence-corrected chi connectivity index (χ0v) is 12.2. The second kappa shape index (κ2) is 8.48. The van der Waals surface area contributed by atoms with Crippen molar-refractivity contribution in [1.82, 2.24) is 15.5 Å². The Labute approximate surface area is 111 Å². The van der Waals surface area contributed by atoms with Crippen molar-refractivity contribution < 1.29 is 4.79 Å². The maximum absolute atomic E-state index is 12.0. The monoisotopic (exact) mass is 255 g/mol. The first-order chi connectivity index (χ1) is 8.67. The molecule has 4 nitrogen and oxygen atoms in total. The van der Waals surface area contributed by atoms with Gasteiger partial charge in [-0.25, -0.2) is 0 Å². The van der Waals surface area contributed by atoms with E-state index in [4.69, 9.17) is 0 Å². The zero-order valence-electron chi connectivity index (χ0n) is 12.2. The van der Waals surface area contributed by atoms with Crippen LogP contribution in [0.4, 0.5) is 0 Å². The molecule has 1 aliphatic heterocycles. The van der Waals surface area contributed by atoms with Gasteiger partial charge in [-0.15, -0.1) is 0 Å². The molecule has 1 saturated heterocycles. The van der Waals surface area contributed by atoms with Crippen LogP contribution in [0.15, 0.2) is 0 Å². The van der Waals surface area contributed by atoms with Gasteiger partial charge in [0.2, 0.25) is 5.91 Å². The number of amides is 1. The van der Waals surface area contributed by atoms with E-state index in [0.29, 0.717) is 12.6 Å². The first kappa shape index (κ1) is 15.4. The first-order valence-corrected chi connectivity index (χ1v) is 7.41. The molecule has 0 aliphatic carbocycles. The van der Waals surface area contributed by atoms with Crippen molar-refractivity contribution in [3.8, 4) is 0 Å². The van der Waals surface area contributed by atoms with Gasteiger partial charge in [0.15, 0.2) is 0 Å². The molecule has 18 heavy (non-hydrogen) atoms. The smallest absolute Gasteiger partial charge is 0.234 e. The lowest BCUT2D eigenvalue weighted by molar-refractivity contribution is -0.123. The molecule has 1 rings (SSSR count). The van der Waals surface area contributed by atoms with Crippen molar-refractivity contribution in [2.45, 2.75) is 58.5 Å². The third-order valence-electron chi connectivity index (χ3n) is 3.66. The number of carbonyl (C=O) groups is 1. The van der Waals surface area contributed by atoms with E-state index in [9.17, 15) is 4.79 Å². The zero-order chi connectivity index (χ0) is 13.4. The minimum atomic E-state index is 0.170. The highest BCUT2D eigenvalue weighted by atomic mass is 16.2. The molecular weight excluding hydrogens is 226 g/mol. The van der Waals surface area contributed by atoms with E-state index in [-0.39, 0.29) is 11.9 Å². The Hall–Kier alpha value is -0.610. The van der Waals surface area contributed by atoms with E-state index >= 15 is 0 Å². The number of hydrogen-bond acceptors (Lipinski definition) is 3. The van der Waals surface area contributed by atoms with E-state index in [1.807, 2.05) is 0 Å². The third-order valence-corrected chi connectivity index (χ3v) is 3.66. The summed E-state index contributed by atoms with van der Waals surface area (Å²) in [6.45, 7) is 10.0. The van der Waals surface area contributed by atoms with Crippen molar-refractivity contribution in [2.24, 2.45) is 0 Å². The van der Waals surface area contributed by atoms with E-state index in [0.717, 1.165) is 32.5 Å². The molecule has 0 aromatic carbocycles. The quantitative estimate of drug-likeness (QED) is 0.722. The molecule has 2 atom stereocenters. The van der Waals surface area contributed by atoms with Crippen molar-refractivity contribution in [3.05, 3.63) is 0 Å². The van der Waals surface area contributed by atoms with Gasteiger partial charge in [-0.3, -0.25) is 9.69 Å². The highest BCUT2D eigenvalue weighted by Crippen LogP contribution is 2.10. The molecule has 1 amide bonds. The Morgan fingerprint density at radius 3 is 2.83 bits per heavy atom. The number of piperidine rings is 1. The first-order valence-electron chi connectivity index (χ1n) is 7.41. The summed E-state index contributed by atoms with van der Waals surface area (Å²) in [6, 6.07) is 0.812. The van der Waals surface area contributed by atoms with Crippen molar-refractivity contribution in [2.75, 3.05) is 26.2 Å². The molecule has 0 saturated carbocycles. The predicted octanol–water partition coefficient (Wildman–Crippen LogP) is 1.37. The van der Waals surface area contributed by atoms with Crippen LogP contribution >= 0.6 is 0 Å². The summed E-state index contributed by atoms with van der Waals surface area (Å²) in [5, 5.41) is 6.48. The summed E-state index contributed by atoms with van der Waals surface area (Å²) in [7, 11) is 0. The summed E-state index contributed by atoms with van der Waals surface area (Å²) in [6.07, 6.45) is 4.53.